The molecule has 0 aliphatic heterocycles. The van der Waals surface area contributed by atoms with Crippen LogP contribution in [0, 0.1) is 21.4 Å². The maximum atomic E-state index is 11.7. The molecule has 0 radical (unpaired) electrons. The van der Waals surface area contributed by atoms with E-state index in [-0.39, 0.29) is 23.2 Å². The van der Waals surface area contributed by atoms with Crippen LogP contribution < -0.4 is 10.6 Å². The molecule has 0 aliphatic rings. The second kappa shape index (κ2) is 7.31. The molecule has 0 aliphatic carbocycles. The van der Waals surface area contributed by atoms with Crippen LogP contribution >= 0.6 is 11.6 Å². The van der Waals surface area contributed by atoms with Crippen LogP contribution in [0.4, 0.5) is 16.2 Å². The number of amides is 2. The van der Waals surface area contributed by atoms with Gasteiger partial charge >= 0.3 is 6.03 Å². The predicted octanol–water partition coefficient (Wildman–Crippen LogP) is 3.06. The van der Waals surface area contributed by atoms with Crippen molar-refractivity contribution < 1.29 is 9.72 Å². The summed E-state index contributed by atoms with van der Waals surface area (Å²) in [6, 6.07) is 5.14. The summed E-state index contributed by atoms with van der Waals surface area (Å²) in [6.07, 6.45) is 0.840. The summed E-state index contributed by atoms with van der Waals surface area (Å²) < 4.78 is 0. The van der Waals surface area contributed by atoms with Crippen molar-refractivity contribution in [1.29, 1.82) is 5.26 Å². The zero-order valence-electron chi connectivity index (χ0n) is 10.7. The summed E-state index contributed by atoms with van der Waals surface area (Å²) in [4.78, 5) is 21.7. The number of carbonyl (C=O) groups excluding carboxylic acids is 1. The van der Waals surface area contributed by atoms with Gasteiger partial charge < -0.3 is 10.6 Å². The molecular formula is C12H13ClN4O3. The number of halogens is 1. The molecule has 1 atom stereocenters. The van der Waals surface area contributed by atoms with Gasteiger partial charge in [-0.1, -0.05) is 18.5 Å². The fraction of sp³-hybridized carbons (Fsp3) is 0.333. The van der Waals surface area contributed by atoms with Gasteiger partial charge in [0.15, 0.2) is 0 Å². The topological polar surface area (TPSA) is 108 Å². The Kier molecular flexibility index (Phi) is 5.74. The summed E-state index contributed by atoms with van der Waals surface area (Å²) in [6.45, 7) is 1.85. The highest BCUT2D eigenvalue weighted by Gasteiger charge is 2.14. The lowest BCUT2D eigenvalue weighted by Gasteiger charge is -2.14. The van der Waals surface area contributed by atoms with E-state index in [4.69, 9.17) is 16.9 Å². The smallest absolute Gasteiger partial charge is 0.319 e. The van der Waals surface area contributed by atoms with E-state index in [9.17, 15) is 14.9 Å². The highest BCUT2D eigenvalue weighted by Crippen LogP contribution is 2.27. The van der Waals surface area contributed by atoms with Gasteiger partial charge in [-0.05, 0) is 18.6 Å². The third-order valence-corrected chi connectivity index (χ3v) is 2.87. The van der Waals surface area contributed by atoms with Crippen molar-refractivity contribution in [2.45, 2.75) is 25.8 Å². The van der Waals surface area contributed by atoms with Gasteiger partial charge in [-0.2, -0.15) is 5.26 Å². The Labute approximate surface area is 120 Å². The largest absolute Gasteiger partial charge is 0.334 e. The van der Waals surface area contributed by atoms with Crippen LogP contribution in [0.5, 0.6) is 0 Å². The highest BCUT2D eigenvalue weighted by atomic mass is 35.5. The van der Waals surface area contributed by atoms with Gasteiger partial charge in [-0.3, -0.25) is 10.1 Å². The zero-order chi connectivity index (χ0) is 15.1. The first-order valence-corrected chi connectivity index (χ1v) is 6.24. The van der Waals surface area contributed by atoms with E-state index in [1.165, 1.54) is 18.2 Å². The van der Waals surface area contributed by atoms with E-state index in [2.05, 4.69) is 10.6 Å². The molecule has 8 heteroatoms. The van der Waals surface area contributed by atoms with Crippen LogP contribution in [-0.4, -0.2) is 17.0 Å². The molecule has 1 aromatic rings. The van der Waals surface area contributed by atoms with Crippen molar-refractivity contribution in [3.63, 3.8) is 0 Å². The molecule has 0 spiro atoms. The van der Waals surface area contributed by atoms with Gasteiger partial charge in [-0.15, -0.1) is 0 Å². The minimum Gasteiger partial charge on any atom is -0.334 e. The lowest BCUT2D eigenvalue weighted by atomic mass is 10.2. The van der Waals surface area contributed by atoms with Crippen LogP contribution in [0.15, 0.2) is 18.2 Å². The minimum atomic E-state index is -0.605. The fourth-order valence-electron chi connectivity index (χ4n) is 1.49. The zero-order valence-corrected chi connectivity index (χ0v) is 11.5. The first-order chi connectivity index (χ1) is 9.47. The van der Waals surface area contributed by atoms with Gasteiger partial charge in [0.2, 0.25) is 0 Å². The summed E-state index contributed by atoms with van der Waals surface area (Å²) in [5.41, 5.74) is 0.110. The first-order valence-electron chi connectivity index (χ1n) is 5.86. The van der Waals surface area contributed by atoms with Gasteiger partial charge in [-0.25, -0.2) is 4.79 Å². The van der Waals surface area contributed by atoms with Crippen molar-refractivity contribution in [2.75, 3.05) is 5.32 Å². The number of rotatable bonds is 5. The van der Waals surface area contributed by atoms with Gasteiger partial charge in [0.05, 0.1) is 17.4 Å². The monoisotopic (exact) mass is 296 g/mol. The maximum Gasteiger partial charge on any atom is 0.319 e. The van der Waals surface area contributed by atoms with E-state index in [0.29, 0.717) is 12.1 Å². The standard InChI is InChI=1S/C12H13ClN4O3/c1-2-8(5-6-14)15-12(18)16-9-3-4-11(17(19)20)10(13)7-9/h3-4,7-8H,2,5H2,1H3,(H2,15,16,18)/t8-/m1/s1. The van der Waals surface area contributed by atoms with E-state index in [1.807, 2.05) is 13.0 Å². The maximum absolute atomic E-state index is 11.7. The molecule has 0 unspecified atom stereocenters. The predicted molar refractivity (Wildman–Crippen MR) is 74.6 cm³/mol. The number of nitrogens with one attached hydrogen (secondary N) is 2. The van der Waals surface area contributed by atoms with Crippen LogP contribution in [0.2, 0.25) is 5.02 Å². The number of hydrogen-bond acceptors (Lipinski definition) is 4. The summed E-state index contributed by atoms with van der Waals surface area (Å²) in [5, 5.41) is 24.3. The summed E-state index contributed by atoms with van der Waals surface area (Å²) in [7, 11) is 0. The van der Waals surface area contributed by atoms with Gasteiger partial charge in [0.1, 0.15) is 5.02 Å². The number of nitriles is 1. The quantitative estimate of drug-likeness (QED) is 0.643. The average Bonchev–Trinajstić information content (AvgIpc) is 2.37. The van der Waals surface area contributed by atoms with Crippen molar-refractivity contribution >= 4 is 29.0 Å². The lowest BCUT2D eigenvalue weighted by molar-refractivity contribution is -0.384. The fourth-order valence-corrected chi connectivity index (χ4v) is 1.74. The van der Waals surface area contributed by atoms with E-state index in [0.717, 1.165) is 0 Å². The number of urea groups is 1. The molecule has 2 amide bonds. The molecule has 106 valence electrons. The minimum absolute atomic E-state index is 0.0585. The molecule has 0 aromatic heterocycles. The first kappa shape index (κ1) is 15.7. The normalized spacial score (nSPS) is 11.2. The Morgan fingerprint density at radius 1 is 1.60 bits per heavy atom. The Balaban J connectivity index is 2.69. The number of nitrogens with zero attached hydrogens (tertiary/aromatic N) is 2. The van der Waals surface area contributed by atoms with E-state index < -0.39 is 11.0 Å². The molecule has 0 saturated heterocycles. The molecular weight excluding hydrogens is 284 g/mol. The Morgan fingerprint density at radius 3 is 2.80 bits per heavy atom. The SMILES string of the molecule is CC[C@H](CC#N)NC(=O)Nc1ccc([N+](=O)[O-])c(Cl)c1. The number of nitro benzene ring substituents is 1. The van der Waals surface area contributed by atoms with Gasteiger partial charge in [0.25, 0.3) is 5.69 Å². The number of nitro groups is 1. The van der Waals surface area contributed by atoms with Crippen LogP contribution in [0.25, 0.3) is 0 Å². The van der Waals surface area contributed by atoms with Crippen LogP contribution in [0.1, 0.15) is 19.8 Å². The number of anilines is 1. The van der Waals surface area contributed by atoms with Crippen molar-refractivity contribution in [1.82, 2.24) is 5.32 Å². The van der Waals surface area contributed by atoms with Crippen molar-refractivity contribution in [3.8, 4) is 6.07 Å². The van der Waals surface area contributed by atoms with Crippen LogP contribution in [0.3, 0.4) is 0 Å². The number of hydrogen-bond donors (Lipinski definition) is 2. The molecule has 7 nitrogen and oxygen atoms in total. The van der Waals surface area contributed by atoms with Crippen molar-refractivity contribution in [3.05, 3.63) is 33.3 Å². The number of carbonyl (C=O) groups is 1. The van der Waals surface area contributed by atoms with Crippen molar-refractivity contribution in [2.24, 2.45) is 0 Å². The van der Waals surface area contributed by atoms with E-state index in [1.54, 1.807) is 0 Å². The molecule has 1 rings (SSSR count). The molecule has 0 saturated carbocycles. The Hall–Kier alpha value is -2.33. The molecule has 2 N–H and O–H groups in total. The average molecular weight is 297 g/mol. The summed E-state index contributed by atoms with van der Waals surface area (Å²) in [5.74, 6) is 0. The molecule has 20 heavy (non-hydrogen) atoms. The molecule has 0 heterocycles. The lowest BCUT2D eigenvalue weighted by Crippen LogP contribution is -2.37. The van der Waals surface area contributed by atoms with Crippen LogP contribution in [-0.2, 0) is 0 Å². The second-order valence-corrected chi connectivity index (χ2v) is 4.40. The Morgan fingerprint density at radius 2 is 2.30 bits per heavy atom. The highest BCUT2D eigenvalue weighted by molar-refractivity contribution is 6.33. The third kappa shape index (κ3) is 4.40. The van der Waals surface area contributed by atoms with Gasteiger partial charge in [0, 0.05) is 17.8 Å². The Bertz CT molecular complexity index is 556. The molecule has 0 bridgehead atoms. The third-order valence-electron chi connectivity index (χ3n) is 2.57. The number of benzene rings is 1. The molecule has 1 aromatic carbocycles. The molecule has 0 fully saturated rings. The summed E-state index contributed by atoms with van der Waals surface area (Å²) >= 11 is 5.73. The van der Waals surface area contributed by atoms with E-state index >= 15 is 0 Å². The second-order valence-electron chi connectivity index (χ2n) is 3.99.